The van der Waals surface area contributed by atoms with Gasteiger partial charge in [0.1, 0.15) is 13.2 Å². The molecule has 0 heterocycles. The Morgan fingerprint density at radius 2 is 0.559 bits per heavy atom. The molecule has 0 unspecified atom stereocenters. The molecule has 0 fully saturated rings. The molecule has 0 aliphatic carbocycles. The topological polar surface area (TPSA) is 78.9 Å². The van der Waals surface area contributed by atoms with E-state index < -0.39 is 6.10 Å². The summed E-state index contributed by atoms with van der Waals surface area (Å²) in [5.74, 6) is -0.0504. The molecule has 0 amide bonds. The van der Waals surface area contributed by atoms with Gasteiger partial charge in [0.05, 0.1) is 0 Å². The van der Waals surface area contributed by atoms with Gasteiger partial charge < -0.3 is 14.2 Å². The largest absolute Gasteiger partial charge is 0.462 e. The van der Waals surface area contributed by atoms with E-state index in [2.05, 4.69) is 27.7 Å². The van der Waals surface area contributed by atoms with Crippen molar-refractivity contribution in [1.82, 2.24) is 0 Å². The van der Waals surface area contributed by atoms with Crippen molar-refractivity contribution in [2.45, 2.75) is 303 Å². The van der Waals surface area contributed by atoms with E-state index in [1.165, 1.54) is 193 Å². The molecular formula is C53H102O6. The fraction of sp³-hybridized carbons (Fsp3) is 0.943. The number of rotatable bonds is 48. The Morgan fingerprint density at radius 1 is 0.322 bits per heavy atom. The van der Waals surface area contributed by atoms with Gasteiger partial charge in [-0.1, -0.05) is 259 Å². The number of hydrogen-bond donors (Lipinski definition) is 0. The molecule has 0 rings (SSSR count). The van der Waals surface area contributed by atoms with E-state index in [0.29, 0.717) is 19.3 Å². The van der Waals surface area contributed by atoms with Gasteiger partial charge in [-0.15, -0.1) is 0 Å². The summed E-state index contributed by atoms with van der Waals surface area (Å²) in [6, 6.07) is 0. The molecule has 0 spiro atoms. The highest BCUT2D eigenvalue weighted by Crippen LogP contribution is 2.17. The second-order valence-corrected chi connectivity index (χ2v) is 18.6. The Bertz CT molecular complexity index is 887. The minimum Gasteiger partial charge on any atom is -0.462 e. The first-order valence-corrected chi connectivity index (χ1v) is 26.4. The molecule has 0 aromatic rings. The fourth-order valence-corrected chi connectivity index (χ4v) is 8.04. The standard InChI is InChI=1S/C53H102O6/c1-5-7-9-11-13-15-17-18-19-20-21-22-23-24-26-27-32-36-40-44-51(54)57-47-50(59-53(56)46-42-38-34-28-25-16-14-12-10-8-6-2)48-58-52(55)45-41-37-33-30-29-31-35-39-43-49(3)4/h49-50H,5-48H2,1-4H3/t50-/m1/s1. The average Bonchev–Trinajstić information content (AvgIpc) is 3.22. The predicted octanol–water partition coefficient (Wildman–Crippen LogP) is 17.1. The quantitative estimate of drug-likeness (QED) is 0.0345. The molecule has 6 heteroatoms. The Kier molecular flexibility index (Phi) is 46.2. The first kappa shape index (κ1) is 57.4. The maximum Gasteiger partial charge on any atom is 0.306 e. The van der Waals surface area contributed by atoms with Crippen molar-refractivity contribution in [2.75, 3.05) is 13.2 Å². The molecule has 6 nitrogen and oxygen atoms in total. The second-order valence-electron chi connectivity index (χ2n) is 18.6. The van der Waals surface area contributed by atoms with Crippen LogP contribution in [0.15, 0.2) is 0 Å². The van der Waals surface area contributed by atoms with Gasteiger partial charge in [-0.2, -0.15) is 0 Å². The maximum atomic E-state index is 12.7. The average molecular weight is 835 g/mol. The summed E-state index contributed by atoms with van der Waals surface area (Å²) in [7, 11) is 0. The molecular weight excluding hydrogens is 733 g/mol. The highest BCUT2D eigenvalue weighted by atomic mass is 16.6. The van der Waals surface area contributed by atoms with Crippen LogP contribution in [0.25, 0.3) is 0 Å². The summed E-state index contributed by atoms with van der Waals surface area (Å²) in [6.45, 7) is 8.99. The van der Waals surface area contributed by atoms with Crippen molar-refractivity contribution in [3.63, 3.8) is 0 Å². The van der Waals surface area contributed by atoms with Crippen molar-refractivity contribution < 1.29 is 28.6 Å². The summed E-state index contributed by atoms with van der Waals surface area (Å²) in [5.41, 5.74) is 0. The first-order chi connectivity index (χ1) is 28.9. The highest BCUT2D eigenvalue weighted by molar-refractivity contribution is 5.71. The van der Waals surface area contributed by atoms with Crippen molar-refractivity contribution in [3.8, 4) is 0 Å². The predicted molar refractivity (Wildman–Crippen MR) is 252 cm³/mol. The van der Waals surface area contributed by atoms with Crippen LogP contribution in [0, 0.1) is 5.92 Å². The van der Waals surface area contributed by atoms with E-state index in [4.69, 9.17) is 14.2 Å². The molecule has 0 aliphatic heterocycles. The molecule has 0 saturated heterocycles. The lowest BCUT2D eigenvalue weighted by atomic mass is 10.0. The van der Waals surface area contributed by atoms with Crippen LogP contribution in [0.2, 0.25) is 0 Å². The van der Waals surface area contributed by atoms with Gasteiger partial charge in [0.15, 0.2) is 6.10 Å². The van der Waals surface area contributed by atoms with Crippen LogP contribution in [0.3, 0.4) is 0 Å². The number of carbonyl (C=O) groups is 3. The first-order valence-electron chi connectivity index (χ1n) is 26.4. The molecule has 1 atom stereocenters. The highest BCUT2D eigenvalue weighted by Gasteiger charge is 2.19. The molecule has 0 saturated carbocycles. The van der Waals surface area contributed by atoms with Crippen molar-refractivity contribution >= 4 is 17.9 Å². The zero-order chi connectivity index (χ0) is 43.1. The van der Waals surface area contributed by atoms with E-state index >= 15 is 0 Å². The van der Waals surface area contributed by atoms with Crippen LogP contribution in [0.1, 0.15) is 297 Å². The van der Waals surface area contributed by atoms with Gasteiger partial charge in [-0.05, 0) is 25.2 Å². The smallest absolute Gasteiger partial charge is 0.306 e. The third kappa shape index (κ3) is 47.3. The van der Waals surface area contributed by atoms with Gasteiger partial charge in [-0.25, -0.2) is 0 Å². The lowest BCUT2D eigenvalue weighted by molar-refractivity contribution is -0.167. The summed E-state index contributed by atoms with van der Waals surface area (Å²) in [4.78, 5) is 37.9. The molecule has 0 bridgehead atoms. The third-order valence-corrected chi connectivity index (χ3v) is 12.0. The summed E-state index contributed by atoms with van der Waals surface area (Å²) in [6.07, 6.45) is 49.5. The SMILES string of the molecule is CCCCCCCCCCCCCCCCCCCCCC(=O)OC[C@H](COC(=O)CCCCCCCCCCC(C)C)OC(=O)CCCCCCCCCCCCC. The number of ether oxygens (including phenoxy) is 3. The lowest BCUT2D eigenvalue weighted by Gasteiger charge is -2.18. The normalized spacial score (nSPS) is 11.9. The van der Waals surface area contributed by atoms with Crippen molar-refractivity contribution in [1.29, 1.82) is 0 Å². The Hall–Kier alpha value is -1.59. The Morgan fingerprint density at radius 3 is 0.831 bits per heavy atom. The van der Waals surface area contributed by atoms with Crippen LogP contribution in [-0.2, 0) is 28.6 Å². The minimum absolute atomic E-state index is 0.0631. The molecule has 350 valence electrons. The van der Waals surface area contributed by atoms with Crippen molar-refractivity contribution in [3.05, 3.63) is 0 Å². The molecule has 59 heavy (non-hydrogen) atoms. The van der Waals surface area contributed by atoms with Crippen LogP contribution in [0.5, 0.6) is 0 Å². The third-order valence-electron chi connectivity index (χ3n) is 12.0. The molecule has 0 radical (unpaired) electrons. The van der Waals surface area contributed by atoms with Crippen LogP contribution in [-0.4, -0.2) is 37.2 Å². The molecule has 0 N–H and O–H groups in total. The monoisotopic (exact) mass is 835 g/mol. The number of carbonyl (C=O) groups excluding carboxylic acids is 3. The van der Waals surface area contributed by atoms with Gasteiger partial charge in [0.25, 0.3) is 0 Å². The van der Waals surface area contributed by atoms with Gasteiger partial charge >= 0.3 is 17.9 Å². The van der Waals surface area contributed by atoms with Crippen molar-refractivity contribution in [2.24, 2.45) is 5.92 Å². The maximum absolute atomic E-state index is 12.7. The van der Waals surface area contributed by atoms with Gasteiger partial charge in [0, 0.05) is 19.3 Å². The van der Waals surface area contributed by atoms with Gasteiger partial charge in [-0.3, -0.25) is 14.4 Å². The van der Waals surface area contributed by atoms with Gasteiger partial charge in [0.2, 0.25) is 0 Å². The van der Waals surface area contributed by atoms with E-state index in [0.717, 1.165) is 63.7 Å². The summed E-state index contributed by atoms with van der Waals surface area (Å²) >= 11 is 0. The summed E-state index contributed by atoms with van der Waals surface area (Å²) in [5, 5.41) is 0. The zero-order valence-corrected chi connectivity index (χ0v) is 40.2. The number of hydrogen-bond acceptors (Lipinski definition) is 6. The number of unbranched alkanes of at least 4 members (excludes halogenated alkanes) is 35. The fourth-order valence-electron chi connectivity index (χ4n) is 8.04. The van der Waals surface area contributed by atoms with E-state index in [9.17, 15) is 14.4 Å². The van der Waals surface area contributed by atoms with Crippen LogP contribution < -0.4 is 0 Å². The summed E-state index contributed by atoms with van der Waals surface area (Å²) < 4.78 is 16.8. The Balaban J connectivity index is 4.22. The number of esters is 3. The zero-order valence-electron chi connectivity index (χ0n) is 40.2. The molecule has 0 aromatic carbocycles. The van der Waals surface area contributed by atoms with E-state index in [1.807, 2.05) is 0 Å². The van der Waals surface area contributed by atoms with Crippen LogP contribution >= 0.6 is 0 Å². The van der Waals surface area contributed by atoms with E-state index in [-0.39, 0.29) is 31.1 Å². The lowest BCUT2D eigenvalue weighted by Crippen LogP contribution is -2.30. The van der Waals surface area contributed by atoms with Crippen LogP contribution in [0.4, 0.5) is 0 Å². The van der Waals surface area contributed by atoms with E-state index in [1.54, 1.807) is 0 Å². The second kappa shape index (κ2) is 47.5. The minimum atomic E-state index is -0.760. The molecule has 0 aliphatic rings. The Labute approximate surface area is 368 Å². The molecule has 0 aromatic heterocycles.